The Morgan fingerprint density at radius 2 is 1.96 bits per heavy atom. The number of rotatable bonds is 4. The van der Waals surface area contributed by atoms with Gasteiger partial charge in [-0.1, -0.05) is 6.92 Å². The molecule has 1 unspecified atom stereocenters. The van der Waals surface area contributed by atoms with Gasteiger partial charge in [0.1, 0.15) is 0 Å². The van der Waals surface area contributed by atoms with E-state index in [0.717, 1.165) is 39.1 Å². The molecule has 1 aromatic rings. The van der Waals surface area contributed by atoms with Crippen molar-refractivity contribution < 1.29 is 14.0 Å². The van der Waals surface area contributed by atoms with E-state index >= 15 is 0 Å². The molecule has 6 heteroatoms. The number of hydrogen-bond donors (Lipinski definition) is 0. The zero-order valence-corrected chi connectivity index (χ0v) is 14.4. The number of nitrogens with zero attached hydrogens (tertiary/aromatic N) is 3. The highest BCUT2D eigenvalue weighted by Crippen LogP contribution is 2.16. The van der Waals surface area contributed by atoms with E-state index in [0.29, 0.717) is 31.2 Å². The van der Waals surface area contributed by atoms with Crippen molar-refractivity contribution in [2.45, 2.75) is 26.2 Å². The molecule has 24 heavy (non-hydrogen) atoms. The zero-order valence-electron chi connectivity index (χ0n) is 14.4. The van der Waals surface area contributed by atoms with E-state index in [4.69, 9.17) is 4.42 Å². The summed E-state index contributed by atoms with van der Waals surface area (Å²) >= 11 is 0. The summed E-state index contributed by atoms with van der Waals surface area (Å²) in [4.78, 5) is 30.7. The van der Waals surface area contributed by atoms with Crippen molar-refractivity contribution in [1.29, 1.82) is 0 Å². The molecule has 2 saturated heterocycles. The SMILES string of the molecule is CC1CCCN(C(=O)CCN2CCN(C(=O)c3ccco3)CC2)C1. The van der Waals surface area contributed by atoms with Crippen molar-refractivity contribution in [3.05, 3.63) is 24.2 Å². The second kappa shape index (κ2) is 7.83. The highest BCUT2D eigenvalue weighted by atomic mass is 16.3. The molecule has 1 atom stereocenters. The minimum Gasteiger partial charge on any atom is -0.459 e. The smallest absolute Gasteiger partial charge is 0.289 e. The summed E-state index contributed by atoms with van der Waals surface area (Å²) < 4.78 is 5.18. The number of piperazine rings is 1. The van der Waals surface area contributed by atoms with E-state index in [2.05, 4.69) is 11.8 Å². The van der Waals surface area contributed by atoms with Gasteiger partial charge in [0.15, 0.2) is 5.76 Å². The molecule has 0 N–H and O–H groups in total. The fourth-order valence-corrected chi connectivity index (χ4v) is 3.56. The highest BCUT2D eigenvalue weighted by Gasteiger charge is 2.25. The van der Waals surface area contributed by atoms with Gasteiger partial charge in [0.05, 0.1) is 6.26 Å². The van der Waals surface area contributed by atoms with Gasteiger partial charge in [-0.15, -0.1) is 0 Å². The van der Waals surface area contributed by atoms with Gasteiger partial charge in [-0.2, -0.15) is 0 Å². The first-order valence-electron chi connectivity index (χ1n) is 8.96. The van der Waals surface area contributed by atoms with Gasteiger partial charge in [-0.25, -0.2) is 0 Å². The van der Waals surface area contributed by atoms with Crippen LogP contribution in [0.4, 0.5) is 0 Å². The van der Waals surface area contributed by atoms with Crippen molar-refractivity contribution in [1.82, 2.24) is 14.7 Å². The monoisotopic (exact) mass is 333 g/mol. The van der Waals surface area contributed by atoms with E-state index in [1.54, 1.807) is 12.1 Å². The lowest BCUT2D eigenvalue weighted by molar-refractivity contribution is -0.133. The van der Waals surface area contributed by atoms with Crippen LogP contribution < -0.4 is 0 Å². The maximum Gasteiger partial charge on any atom is 0.289 e. The van der Waals surface area contributed by atoms with Gasteiger partial charge < -0.3 is 14.2 Å². The van der Waals surface area contributed by atoms with E-state index < -0.39 is 0 Å². The third-order valence-corrected chi connectivity index (χ3v) is 5.04. The first kappa shape index (κ1) is 17.0. The van der Waals surface area contributed by atoms with Crippen LogP contribution in [0.15, 0.2) is 22.8 Å². The van der Waals surface area contributed by atoms with Crippen LogP contribution in [0.1, 0.15) is 36.7 Å². The van der Waals surface area contributed by atoms with Gasteiger partial charge in [0.25, 0.3) is 5.91 Å². The van der Waals surface area contributed by atoms with Crippen molar-refractivity contribution in [2.75, 3.05) is 45.8 Å². The van der Waals surface area contributed by atoms with Crippen LogP contribution in [0, 0.1) is 5.92 Å². The average Bonchev–Trinajstić information content (AvgIpc) is 3.14. The third kappa shape index (κ3) is 4.17. The number of carbonyl (C=O) groups excluding carboxylic acids is 2. The largest absolute Gasteiger partial charge is 0.459 e. The molecule has 0 radical (unpaired) electrons. The summed E-state index contributed by atoms with van der Waals surface area (Å²) in [5.74, 6) is 1.25. The van der Waals surface area contributed by atoms with E-state index in [-0.39, 0.29) is 11.8 Å². The molecule has 2 fully saturated rings. The number of carbonyl (C=O) groups is 2. The first-order chi connectivity index (χ1) is 11.6. The molecule has 2 aliphatic heterocycles. The summed E-state index contributed by atoms with van der Waals surface area (Å²) in [6, 6.07) is 3.43. The van der Waals surface area contributed by atoms with Crippen LogP contribution in [0.5, 0.6) is 0 Å². The Labute approximate surface area is 143 Å². The molecular weight excluding hydrogens is 306 g/mol. The predicted octanol–water partition coefficient (Wildman–Crippen LogP) is 1.69. The van der Waals surface area contributed by atoms with E-state index in [9.17, 15) is 9.59 Å². The number of furan rings is 1. The van der Waals surface area contributed by atoms with Crippen LogP contribution in [0.3, 0.4) is 0 Å². The lowest BCUT2D eigenvalue weighted by Crippen LogP contribution is -2.49. The van der Waals surface area contributed by atoms with Gasteiger partial charge in [-0.05, 0) is 30.9 Å². The predicted molar refractivity (Wildman–Crippen MR) is 90.6 cm³/mol. The molecule has 3 heterocycles. The van der Waals surface area contributed by atoms with Crippen LogP contribution in [-0.2, 0) is 4.79 Å². The molecule has 132 valence electrons. The minimum absolute atomic E-state index is 0.0435. The second-order valence-electron chi connectivity index (χ2n) is 6.95. The summed E-state index contributed by atoms with van der Waals surface area (Å²) in [5, 5.41) is 0. The van der Waals surface area contributed by atoms with Crippen LogP contribution in [0.2, 0.25) is 0 Å². The molecule has 0 aliphatic carbocycles. The Morgan fingerprint density at radius 3 is 2.62 bits per heavy atom. The average molecular weight is 333 g/mol. The van der Waals surface area contributed by atoms with Crippen molar-refractivity contribution in [3.8, 4) is 0 Å². The quantitative estimate of drug-likeness (QED) is 0.841. The van der Waals surface area contributed by atoms with Gasteiger partial charge in [0.2, 0.25) is 5.91 Å². The van der Waals surface area contributed by atoms with Gasteiger partial charge in [-0.3, -0.25) is 14.5 Å². The Kier molecular flexibility index (Phi) is 5.56. The van der Waals surface area contributed by atoms with Crippen LogP contribution >= 0.6 is 0 Å². The molecule has 0 spiro atoms. The molecule has 2 amide bonds. The molecule has 6 nitrogen and oxygen atoms in total. The molecule has 3 rings (SSSR count). The molecule has 0 saturated carbocycles. The van der Waals surface area contributed by atoms with Crippen molar-refractivity contribution in [3.63, 3.8) is 0 Å². The molecule has 0 aromatic carbocycles. The highest BCUT2D eigenvalue weighted by molar-refractivity contribution is 5.91. The number of piperidine rings is 1. The fraction of sp³-hybridized carbons (Fsp3) is 0.667. The third-order valence-electron chi connectivity index (χ3n) is 5.04. The molecule has 1 aromatic heterocycles. The Bertz CT molecular complexity index is 550. The summed E-state index contributed by atoms with van der Waals surface area (Å²) in [6.45, 7) is 7.83. The van der Waals surface area contributed by atoms with Crippen LogP contribution in [0.25, 0.3) is 0 Å². The number of amides is 2. The number of likely N-dealkylation sites (tertiary alicyclic amines) is 1. The standard InChI is InChI=1S/C18H27N3O3/c1-15-4-2-7-21(14-15)17(22)6-8-19-9-11-20(12-10-19)18(23)16-5-3-13-24-16/h3,5,13,15H,2,4,6-12,14H2,1H3. The van der Waals surface area contributed by atoms with Crippen molar-refractivity contribution >= 4 is 11.8 Å². The summed E-state index contributed by atoms with van der Waals surface area (Å²) in [5.41, 5.74) is 0. The summed E-state index contributed by atoms with van der Waals surface area (Å²) in [7, 11) is 0. The topological polar surface area (TPSA) is 57.0 Å². The maximum absolute atomic E-state index is 12.3. The van der Waals surface area contributed by atoms with Crippen molar-refractivity contribution in [2.24, 2.45) is 5.92 Å². The summed E-state index contributed by atoms with van der Waals surface area (Å²) in [6.07, 6.45) is 4.46. The minimum atomic E-state index is -0.0435. The lowest BCUT2D eigenvalue weighted by Gasteiger charge is -2.35. The Balaban J connectivity index is 1.39. The zero-order chi connectivity index (χ0) is 16.9. The van der Waals surface area contributed by atoms with Crippen LogP contribution in [-0.4, -0.2) is 72.3 Å². The molecule has 0 bridgehead atoms. The fourth-order valence-electron chi connectivity index (χ4n) is 3.56. The van der Waals surface area contributed by atoms with Gasteiger partial charge >= 0.3 is 0 Å². The maximum atomic E-state index is 12.3. The molecule has 2 aliphatic rings. The van der Waals surface area contributed by atoms with E-state index in [1.165, 1.54) is 12.7 Å². The first-order valence-corrected chi connectivity index (χ1v) is 8.96. The Hall–Kier alpha value is -1.82. The molecular formula is C18H27N3O3. The normalized spacial score (nSPS) is 22.6. The second-order valence-corrected chi connectivity index (χ2v) is 6.95. The Morgan fingerprint density at radius 1 is 1.17 bits per heavy atom. The number of hydrogen-bond acceptors (Lipinski definition) is 4. The van der Waals surface area contributed by atoms with E-state index in [1.807, 2.05) is 9.80 Å². The van der Waals surface area contributed by atoms with Gasteiger partial charge in [0, 0.05) is 52.2 Å². The lowest BCUT2D eigenvalue weighted by atomic mass is 10.00.